The monoisotopic (exact) mass is 369 g/mol. The largest absolute Gasteiger partial charge is 0.444 e. The lowest BCUT2D eigenvalue weighted by Gasteiger charge is -2.15. The molecular formula is C13H12IN3O2. The summed E-state index contributed by atoms with van der Waals surface area (Å²) in [6.07, 6.45) is 1.44. The molecule has 0 unspecified atom stereocenters. The van der Waals surface area contributed by atoms with Crippen molar-refractivity contribution >= 4 is 34.5 Å². The summed E-state index contributed by atoms with van der Waals surface area (Å²) in [5.41, 5.74) is 0.984. The van der Waals surface area contributed by atoms with Crippen LogP contribution in [-0.4, -0.2) is 22.4 Å². The Kier molecular flexibility index (Phi) is 3.41. The Labute approximate surface area is 124 Å². The molecule has 1 aliphatic rings. The molecule has 1 amide bonds. The lowest BCUT2D eigenvalue weighted by atomic mass is 10.2. The second-order valence-corrected chi connectivity index (χ2v) is 5.39. The molecule has 0 radical (unpaired) electrons. The maximum Gasteiger partial charge on any atom is 0.415 e. The summed E-state index contributed by atoms with van der Waals surface area (Å²) >= 11 is 2.18. The summed E-state index contributed by atoms with van der Waals surface area (Å²) in [6, 6.07) is 9.66. The zero-order valence-electron chi connectivity index (χ0n) is 10.1. The number of benzene rings is 1. The first-order valence-corrected chi connectivity index (χ1v) is 7.03. The minimum atomic E-state index is -0.319. The highest BCUT2D eigenvalue weighted by Gasteiger charge is 2.29. The number of hydrogen-bond donors (Lipinski definition) is 0. The molecule has 1 aromatic carbocycles. The molecule has 5 nitrogen and oxygen atoms in total. The van der Waals surface area contributed by atoms with Gasteiger partial charge in [0.25, 0.3) is 0 Å². The number of halogens is 1. The highest BCUT2D eigenvalue weighted by molar-refractivity contribution is 14.1. The van der Waals surface area contributed by atoms with Crippen molar-refractivity contribution in [2.24, 2.45) is 0 Å². The Balaban J connectivity index is 1.68. The molecule has 0 fully saturated rings. The molecule has 0 N–H and O–H groups in total. The van der Waals surface area contributed by atoms with Crippen molar-refractivity contribution in [1.82, 2.24) is 9.78 Å². The molecule has 98 valence electrons. The predicted octanol–water partition coefficient (Wildman–Crippen LogP) is 2.64. The first kappa shape index (κ1) is 12.5. The van der Waals surface area contributed by atoms with E-state index in [0.29, 0.717) is 13.2 Å². The molecule has 1 aromatic heterocycles. The number of amides is 1. The molecule has 1 aliphatic heterocycles. The van der Waals surface area contributed by atoms with Crippen molar-refractivity contribution in [1.29, 1.82) is 0 Å². The average Bonchev–Trinajstić information content (AvgIpc) is 3.01. The van der Waals surface area contributed by atoms with Gasteiger partial charge in [0, 0.05) is 0 Å². The van der Waals surface area contributed by atoms with Crippen LogP contribution < -0.4 is 4.90 Å². The number of ether oxygens (including phenoxy) is 1. The second kappa shape index (κ2) is 5.20. The quantitative estimate of drug-likeness (QED) is 0.765. The van der Waals surface area contributed by atoms with Gasteiger partial charge < -0.3 is 4.74 Å². The zero-order chi connectivity index (χ0) is 13.2. The van der Waals surface area contributed by atoms with Crippen LogP contribution in [0.5, 0.6) is 0 Å². The van der Waals surface area contributed by atoms with Gasteiger partial charge in [0.2, 0.25) is 0 Å². The van der Waals surface area contributed by atoms with Crippen LogP contribution in [0.15, 0.2) is 36.5 Å². The molecule has 2 heterocycles. The van der Waals surface area contributed by atoms with E-state index in [4.69, 9.17) is 4.74 Å². The smallest absolute Gasteiger partial charge is 0.415 e. The first-order chi connectivity index (χ1) is 9.25. The molecule has 0 bridgehead atoms. The number of fused-ring (bicyclic) bond motifs is 1. The van der Waals surface area contributed by atoms with Crippen molar-refractivity contribution in [2.45, 2.75) is 13.2 Å². The number of nitrogens with zero attached hydrogens (tertiary/aromatic N) is 3. The van der Waals surface area contributed by atoms with Crippen LogP contribution in [0.25, 0.3) is 0 Å². The fourth-order valence-electron chi connectivity index (χ4n) is 2.06. The maximum atomic E-state index is 12.1. The molecule has 2 aromatic rings. The van der Waals surface area contributed by atoms with E-state index in [1.807, 2.05) is 35.0 Å². The first-order valence-electron chi connectivity index (χ1n) is 5.95. The molecule has 0 saturated heterocycles. The van der Waals surface area contributed by atoms with Gasteiger partial charge in [-0.3, -0.25) is 4.90 Å². The average molecular weight is 369 g/mol. The normalized spacial score (nSPS) is 13.4. The molecular weight excluding hydrogens is 357 g/mol. The van der Waals surface area contributed by atoms with Crippen molar-refractivity contribution < 1.29 is 9.53 Å². The third kappa shape index (κ3) is 2.44. The summed E-state index contributed by atoms with van der Waals surface area (Å²) in [6.45, 7) is 1.63. The molecule has 0 saturated carbocycles. The Morgan fingerprint density at radius 3 is 2.89 bits per heavy atom. The summed E-state index contributed by atoms with van der Waals surface area (Å²) in [7, 11) is 0. The Morgan fingerprint density at radius 2 is 2.11 bits per heavy atom. The molecule has 0 aliphatic carbocycles. The summed E-state index contributed by atoms with van der Waals surface area (Å²) in [5, 5.41) is 4.21. The number of rotatable bonds is 2. The standard InChI is InChI=1S/C13H12IN3O2/c14-11-8-15-17-7-6-16(12(11)17)13(18)19-9-10-4-2-1-3-5-10/h1-5,8H,6-7,9H2. The number of carbonyl (C=O) groups is 1. The van der Waals surface area contributed by atoms with Crippen molar-refractivity contribution in [3.63, 3.8) is 0 Å². The van der Waals surface area contributed by atoms with Crippen LogP contribution >= 0.6 is 22.6 Å². The minimum Gasteiger partial charge on any atom is -0.444 e. The van der Waals surface area contributed by atoms with E-state index in [2.05, 4.69) is 27.7 Å². The minimum absolute atomic E-state index is 0.293. The Hall–Kier alpha value is -1.57. The fourth-order valence-corrected chi connectivity index (χ4v) is 2.76. The van der Waals surface area contributed by atoms with E-state index in [-0.39, 0.29) is 6.09 Å². The van der Waals surface area contributed by atoms with Crippen LogP contribution in [-0.2, 0) is 17.9 Å². The lowest BCUT2D eigenvalue weighted by molar-refractivity contribution is 0.147. The van der Waals surface area contributed by atoms with Gasteiger partial charge in [0.05, 0.1) is 22.9 Å². The van der Waals surface area contributed by atoms with Crippen LogP contribution in [0.2, 0.25) is 0 Å². The number of carbonyl (C=O) groups excluding carboxylic acids is 1. The molecule has 0 atom stereocenters. The van der Waals surface area contributed by atoms with E-state index in [0.717, 1.165) is 21.5 Å². The predicted molar refractivity (Wildman–Crippen MR) is 78.9 cm³/mol. The second-order valence-electron chi connectivity index (χ2n) is 4.23. The zero-order valence-corrected chi connectivity index (χ0v) is 12.3. The van der Waals surface area contributed by atoms with Crippen LogP contribution in [0.4, 0.5) is 10.6 Å². The fraction of sp³-hybridized carbons (Fsp3) is 0.231. The molecule has 0 spiro atoms. The maximum absolute atomic E-state index is 12.1. The van der Waals surface area contributed by atoms with Gasteiger partial charge in [-0.15, -0.1) is 0 Å². The van der Waals surface area contributed by atoms with Gasteiger partial charge >= 0.3 is 6.09 Å². The van der Waals surface area contributed by atoms with Gasteiger partial charge in [0.1, 0.15) is 12.4 Å². The SMILES string of the molecule is O=C(OCc1ccccc1)N1CCn2ncc(I)c21. The number of aromatic nitrogens is 2. The van der Waals surface area contributed by atoms with Gasteiger partial charge in [-0.2, -0.15) is 5.10 Å². The highest BCUT2D eigenvalue weighted by Crippen LogP contribution is 2.27. The topological polar surface area (TPSA) is 47.4 Å². The Bertz CT molecular complexity index is 597. The van der Waals surface area contributed by atoms with Crippen LogP contribution in [0.1, 0.15) is 5.56 Å². The van der Waals surface area contributed by atoms with Crippen LogP contribution in [0.3, 0.4) is 0 Å². The van der Waals surface area contributed by atoms with Crippen LogP contribution in [0, 0.1) is 3.57 Å². The van der Waals surface area contributed by atoms with E-state index >= 15 is 0 Å². The summed E-state index contributed by atoms with van der Waals surface area (Å²) < 4.78 is 8.13. The van der Waals surface area contributed by atoms with E-state index < -0.39 is 0 Å². The summed E-state index contributed by atoms with van der Waals surface area (Å²) in [4.78, 5) is 13.7. The van der Waals surface area contributed by atoms with Crippen molar-refractivity contribution in [2.75, 3.05) is 11.4 Å². The van der Waals surface area contributed by atoms with Gasteiger partial charge in [0.15, 0.2) is 0 Å². The van der Waals surface area contributed by atoms with E-state index in [1.165, 1.54) is 0 Å². The molecule has 6 heteroatoms. The van der Waals surface area contributed by atoms with Gasteiger partial charge in [-0.05, 0) is 28.2 Å². The number of anilines is 1. The van der Waals surface area contributed by atoms with E-state index in [9.17, 15) is 4.79 Å². The van der Waals surface area contributed by atoms with Crippen molar-refractivity contribution in [3.8, 4) is 0 Å². The third-order valence-corrected chi connectivity index (χ3v) is 3.75. The summed E-state index contributed by atoms with van der Waals surface area (Å²) in [5.74, 6) is 0.832. The third-order valence-electron chi connectivity index (χ3n) is 2.99. The van der Waals surface area contributed by atoms with E-state index in [1.54, 1.807) is 11.1 Å². The highest BCUT2D eigenvalue weighted by atomic mass is 127. The molecule has 19 heavy (non-hydrogen) atoms. The number of hydrogen-bond acceptors (Lipinski definition) is 3. The van der Waals surface area contributed by atoms with Gasteiger partial charge in [-0.25, -0.2) is 9.48 Å². The lowest BCUT2D eigenvalue weighted by Crippen LogP contribution is -2.29. The molecule has 3 rings (SSSR count). The van der Waals surface area contributed by atoms with Gasteiger partial charge in [-0.1, -0.05) is 30.3 Å². The Morgan fingerprint density at radius 1 is 1.32 bits per heavy atom. The van der Waals surface area contributed by atoms with Crippen molar-refractivity contribution in [3.05, 3.63) is 45.7 Å².